The Morgan fingerprint density at radius 3 is 2.87 bits per heavy atom. The molecule has 2 aliphatic heterocycles. The predicted molar refractivity (Wildman–Crippen MR) is 113 cm³/mol. The van der Waals surface area contributed by atoms with Gasteiger partial charge in [0.1, 0.15) is 5.54 Å². The Kier molecular flexibility index (Phi) is 4.69. The number of pyridine rings is 1. The molecule has 1 spiro atoms. The lowest BCUT2D eigenvalue weighted by Crippen LogP contribution is -2.53. The van der Waals surface area contributed by atoms with Gasteiger partial charge in [-0.3, -0.25) is 19.9 Å². The van der Waals surface area contributed by atoms with Crippen molar-refractivity contribution >= 4 is 0 Å². The quantitative estimate of drug-likeness (QED) is 0.758. The summed E-state index contributed by atoms with van der Waals surface area (Å²) in [5, 5.41) is 27.8. The van der Waals surface area contributed by atoms with Crippen LogP contribution in [0.2, 0.25) is 0 Å². The molecule has 2 unspecified atom stereocenters. The molecule has 5 rings (SSSR count). The van der Waals surface area contributed by atoms with E-state index in [0.29, 0.717) is 0 Å². The molecule has 1 aliphatic carbocycles. The molecule has 2 aromatic heterocycles. The van der Waals surface area contributed by atoms with Crippen LogP contribution in [0.15, 0.2) is 18.3 Å². The van der Waals surface area contributed by atoms with Gasteiger partial charge in [0.05, 0.1) is 11.8 Å². The standard InChI is InChI=1S/C23H30N6O/c1-22(2,14-24)26-21(30)28-9-7-23(15-28)8-10-29-20(23)12-19(27-29)17-11-16-5-3-4-6-18(16)25-13-17/h11-13,21,26,30H,3-10,15H2,1-2H3. The van der Waals surface area contributed by atoms with Crippen molar-refractivity contribution in [2.24, 2.45) is 0 Å². The molecule has 7 heteroatoms. The van der Waals surface area contributed by atoms with Crippen LogP contribution in [0.5, 0.6) is 0 Å². The van der Waals surface area contributed by atoms with E-state index in [1.165, 1.54) is 29.8 Å². The van der Waals surface area contributed by atoms with Gasteiger partial charge in [0.2, 0.25) is 0 Å². The SMILES string of the molecule is CC(C)(C#N)NC(O)N1CCC2(CCn3nc(-c4cnc5c(c4)CCCC5)cc32)C1. The second-order valence-electron chi connectivity index (χ2n) is 9.68. The minimum Gasteiger partial charge on any atom is -0.365 e. The lowest BCUT2D eigenvalue weighted by molar-refractivity contribution is -0.0236. The molecule has 7 nitrogen and oxygen atoms in total. The van der Waals surface area contributed by atoms with Gasteiger partial charge in [0.15, 0.2) is 6.35 Å². The third-order valence-corrected chi connectivity index (χ3v) is 7.09. The van der Waals surface area contributed by atoms with Gasteiger partial charge < -0.3 is 5.11 Å². The van der Waals surface area contributed by atoms with Crippen LogP contribution in [0.1, 0.15) is 56.5 Å². The third-order valence-electron chi connectivity index (χ3n) is 7.09. The van der Waals surface area contributed by atoms with Crippen LogP contribution in [0, 0.1) is 11.3 Å². The summed E-state index contributed by atoms with van der Waals surface area (Å²) in [7, 11) is 0. The zero-order valence-electron chi connectivity index (χ0n) is 17.9. The highest BCUT2D eigenvalue weighted by Crippen LogP contribution is 2.44. The molecule has 0 radical (unpaired) electrons. The second kappa shape index (κ2) is 7.16. The summed E-state index contributed by atoms with van der Waals surface area (Å²) in [6.45, 7) is 6.05. The highest BCUT2D eigenvalue weighted by Gasteiger charge is 2.47. The first-order valence-corrected chi connectivity index (χ1v) is 11.1. The fourth-order valence-corrected chi connectivity index (χ4v) is 5.30. The maximum absolute atomic E-state index is 10.6. The topological polar surface area (TPSA) is 90.0 Å². The number of rotatable bonds is 4. The first-order chi connectivity index (χ1) is 14.4. The average Bonchev–Trinajstić information content (AvgIpc) is 3.44. The van der Waals surface area contributed by atoms with Crippen molar-refractivity contribution in [3.63, 3.8) is 0 Å². The van der Waals surface area contributed by atoms with Crippen LogP contribution in [-0.4, -0.2) is 49.8 Å². The summed E-state index contributed by atoms with van der Waals surface area (Å²) in [5.74, 6) is 0. The number of aryl methyl sites for hydroxylation is 3. The average molecular weight is 407 g/mol. The summed E-state index contributed by atoms with van der Waals surface area (Å²) in [5.41, 5.74) is 5.27. The Balaban J connectivity index is 1.37. The number of nitrogens with zero attached hydrogens (tertiary/aromatic N) is 5. The lowest BCUT2D eigenvalue weighted by Gasteiger charge is -2.30. The number of aliphatic hydroxyl groups excluding tert-OH is 1. The molecular formula is C23H30N6O. The van der Waals surface area contributed by atoms with Crippen LogP contribution < -0.4 is 5.32 Å². The maximum Gasteiger partial charge on any atom is 0.164 e. The van der Waals surface area contributed by atoms with Gasteiger partial charge in [-0.1, -0.05) is 0 Å². The molecule has 0 saturated carbocycles. The van der Waals surface area contributed by atoms with Crippen LogP contribution in [0.4, 0.5) is 0 Å². The van der Waals surface area contributed by atoms with Crippen LogP contribution >= 0.6 is 0 Å². The van der Waals surface area contributed by atoms with Crippen molar-refractivity contribution in [2.45, 2.75) is 76.2 Å². The molecule has 1 saturated heterocycles. The number of aliphatic hydroxyl groups is 1. The highest BCUT2D eigenvalue weighted by molar-refractivity contribution is 5.61. The van der Waals surface area contributed by atoms with Gasteiger partial charge in [-0.2, -0.15) is 10.4 Å². The summed E-state index contributed by atoms with van der Waals surface area (Å²) in [6.07, 6.45) is 7.89. The number of aromatic nitrogens is 3. The molecule has 1 fully saturated rings. The second-order valence-corrected chi connectivity index (χ2v) is 9.68. The third kappa shape index (κ3) is 3.33. The largest absolute Gasteiger partial charge is 0.365 e. The fourth-order valence-electron chi connectivity index (χ4n) is 5.30. The molecule has 158 valence electrons. The van der Waals surface area contributed by atoms with E-state index in [2.05, 4.69) is 28.2 Å². The van der Waals surface area contributed by atoms with E-state index in [1.807, 2.05) is 11.1 Å². The zero-order valence-corrected chi connectivity index (χ0v) is 17.9. The van der Waals surface area contributed by atoms with E-state index in [9.17, 15) is 10.4 Å². The van der Waals surface area contributed by atoms with Crippen LogP contribution in [-0.2, 0) is 24.8 Å². The zero-order chi connectivity index (χ0) is 20.9. The molecule has 2 atom stereocenters. The van der Waals surface area contributed by atoms with Crippen molar-refractivity contribution in [1.82, 2.24) is 25.0 Å². The molecule has 0 aromatic carbocycles. The molecule has 2 N–H and O–H groups in total. The van der Waals surface area contributed by atoms with E-state index in [1.54, 1.807) is 13.8 Å². The highest BCUT2D eigenvalue weighted by atomic mass is 16.3. The van der Waals surface area contributed by atoms with Crippen molar-refractivity contribution in [1.29, 1.82) is 5.26 Å². The van der Waals surface area contributed by atoms with Crippen molar-refractivity contribution in [3.05, 3.63) is 35.3 Å². The van der Waals surface area contributed by atoms with E-state index in [0.717, 1.165) is 56.6 Å². The van der Waals surface area contributed by atoms with Crippen molar-refractivity contribution in [2.75, 3.05) is 13.1 Å². The first-order valence-electron chi connectivity index (χ1n) is 11.1. The lowest BCUT2D eigenvalue weighted by atomic mass is 9.82. The predicted octanol–water partition coefficient (Wildman–Crippen LogP) is 2.34. The number of likely N-dealkylation sites (tertiary alicyclic amines) is 1. The van der Waals surface area contributed by atoms with Gasteiger partial charge in [0, 0.05) is 48.2 Å². The van der Waals surface area contributed by atoms with Crippen molar-refractivity contribution in [3.8, 4) is 17.3 Å². The minimum atomic E-state index is -0.819. The molecule has 30 heavy (non-hydrogen) atoms. The Bertz CT molecular complexity index is 1010. The van der Waals surface area contributed by atoms with Gasteiger partial charge in [0.25, 0.3) is 0 Å². The fraction of sp³-hybridized carbons (Fsp3) is 0.609. The molecule has 2 aromatic rings. The maximum atomic E-state index is 10.6. The normalized spacial score (nSPS) is 24.6. The van der Waals surface area contributed by atoms with Gasteiger partial charge in [-0.05, 0) is 70.1 Å². The Labute approximate surface area is 177 Å². The smallest absolute Gasteiger partial charge is 0.164 e. The number of hydrogen-bond acceptors (Lipinski definition) is 6. The molecule has 3 aliphatic rings. The van der Waals surface area contributed by atoms with Gasteiger partial charge in [-0.15, -0.1) is 0 Å². The first kappa shape index (κ1) is 19.7. The molecule has 4 heterocycles. The molecule has 0 bridgehead atoms. The Morgan fingerprint density at radius 1 is 1.23 bits per heavy atom. The van der Waals surface area contributed by atoms with E-state index in [-0.39, 0.29) is 5.41 Å². The van der Waals surface area contributed by atoms with E-state index in [4.69, 9.17) is 10.1 Å². The summed E-state index contributed by atoms with van der Waals surface area (Å²) in [4.78, 5) is 6.76. The van der Waals surface area contributed by atoms with Crippen LogP contribution in [0.3, 0.4) is 0 Å². The van der Waals surface area contributed by atoms with Gasteiger partial charge in [-0.25, -0.2) is 0 Å². The Morgan fingerprint density at radius 2 is 2.03 bits per heavy atom. The summed E-state index contributed by atoms with van der Waals surface area (Å²) in [6, 6.07) is 6.72. The van der Waals surface area contributed by atoms with E-state index < -0.39 is 11.9 Å². The monoisotopic (exact) mass is 406 g/mol. The summed E-state index contributed by atoms with van der Waals surface area (Å²) < 4.78 is 2.15. The van der Waals surface area contributed by atoms with Crippen molar-refractivity contribution < 1.29 is 5.11 Å². The summed E-state index contributed by atoms with van der Waals surface area (Å²) >= 11 is 0. The number of fused-ring (bicyclic) bond motifs is 3. The molecule has 0 amide bonds. The number of nitrogens with one attached hydrogen (secondary N) is 1. The number of nitriles is 1. The van der Waals surface area contributed by atoms with E-state index >= 15 is 0 Å². The number of hydrogen-bond donors (Lipinski definition) is 2. The minimum absolute atomic E-state index is 0.0202. The van der Waals surface area contributed by atoms with Gasteiger partial charge >= 0.3 is 0 Å². The van der Waals surface area contributed by atoms with Crippen LogP contribution in [0.25, 0.3) is 11.3 Å². The molecular weight excluding hydrogens is 376 g/mol. The Hall–Kier alpha value is -2.27.